The van der Waals surface area contributed by atoms with Crippen molar-refractivity contribution in [2.24, 2.45) is 12.8 Å². The molecule has 0 saturated carbocycles. The summed E-state index contributed by atoms with van der Waals surface area (Å²) in [5, 5.41) is 7.28. The van der Waals surface area contributed by atoms with Crippen LogP contribution in [0, 0.1) is 0 Å². The van der Waals surface area contributed by atoms with E-state index in [1.54, 1.807) is 4.68 Å². The lowest BCUT2D eigenvalue weighted by atomic mass is 10.1. The van der Waals surface area contributed by atoms with Gasteiger partial charge in [-0.05, 0) is 25.7 Å². The lowest BCUT2D eigenvalue weighted by Gasteiger charge is -2.08. The third-order valence-electron chi connectivity index (χ3n) is 2.74. The molecule has 0 fully saturated rings. The molecule has 102 valence electrons. The number of amides is 1. The number of hydrogen-bond donors (Lipinski definition) is 2. The van der Waals surface area contributed by atoms with Crippen molar-refractivity contribution >= 4 is 11.6 Å². The van der Waals surface area contributed by atoms with E-state index in [1.807, 2.05) is 20.2 Å². The van der Waals surface area contributed by atoms with Crippen LogP contribution in [-0.4, -0.2) is 21.7 Å². The van der Waals surface area contributed by atoms with Gasteiger partial charge in [-0.1, -0.05) is 13.8 Å². The van der Waals surface area contributed by atoms with E-state index < -0.39 is 0 Å². The van der Waals surface area contributed by atoms with Gasteiger partial charge in [-0.15, -0.1) is 0 Å². The van der Waals surface area contributed by atoms with Crippen molar-refractivity contribution in [3.63, 3.8) is 0 Å². The first-order valence-corrected chi connectivity index (χ1v) is 6.49. The van der Waals surface area contributed by atoms with Gasteiger partial charge in [0, 0.05) is 25.7 Å². The van der Waals surface area contributed by atoms with Crippen molar-refractivity contribution < 1.29 is 4.79 Å². The normalized spacial score (nSPS) is 12.8. The molecule has 5 nitrogen and oxygen atoms in total. The van der Waals surface area contributed by atoms with E-state index in [0.717, 1.165) is 24.2 Å². The van der Waals surface area contributed by atoms with E-state index in [0.29, 0.717) is 12.3 Å². The molecule has 0 aliphatic rings. The quantitative estimate of drug-likeness (QED) is 0.813. The van der Waals surface area contributed by atoms with Gasteiger partial charge in [0.25, 0.3) is 0 Å². The molecule has 1 rings (SSSR count). The molecular formula is C13H24N4O. The summed E-state index contributed by atoms with van der Waals surface area (Å²) in [6.45, 7) is 6.08. The van der Waals surface area contributed by atoms with Crippen molar-refractivity contribution in [2.75, 3.05) is 5.32 Å². The highest BCUT2D eigenvalue weighted by molar-refractivity contribution is 5.91. The Morgan fingerprint density at radius 3 is 2.72 bits per heavy atom. The molecule has 0 bridgehead atoms. The molecule has 1 heterocycles. The summed E-state index contributed by atoms with van der Waals surface area (Å²) in [7, 11) is 1.86. The number of anilines is 1. The number of nitrogens with one attached hydrogen (secondary N) is 1. The SMILES string of the molecule is CC(N)CCCC(=O)Nc1cn(C)nc1C(C)C. The Bertz CT molecular complexity index is 396. The highest BCUT2D eigenvalue weighted by atomic mass is 16.1. The highest BCUT2D eigenvalue weighted by Crippen LogP contribution is 2.22. The van der Waals surface area contributed by atoms with Gasteiger partial charge < -0.3 is 11.1 Å². The largest absolute Gasteiger partial charge is 0.328 e. The van der Waals surface area contributed by atoms with Gasteiger partial charge in [0.05, 0.1) is 11.4 Å². The molecule has 0 aliphatic heterocycles. The van der Waals surface area contributed by atoms with Gasteiger partial charge >= 0.3 is 0 Å². The van der Waals surface area contributed by atoms with E-state index in [9.17, 15) is 4.79 Å². The molecule has 18 heavy (non-hydrogen) atoms. The zero-order valence-electron chi connectivity index (χ0n) is 11.7. The number of nitrogens with zero attached hydrogens (tertiary/aromatic N) is 2. The predicted molar refractivity (Wildman–Crippen MR) is 73.4 cm³/mol. The van der Waals surface area contributed by atoms with Gasteiger partial charge in [-0.25, -0.2) is 0 Å². The van der Waals surface area contributed by atoms with E-state index >= 15 is 0 Å². The second-order valence-electron chi connectivity index (χ2n) is 5.17. The van der Waals surface area contributed by atoms with Crippen LogP contribution in [0.2, 0.25) is 0 Å². The van der Waals surface area contributed by atoms with Crippen LogP contribution >= 0.6 is 0 Å². The molecule has 0 radical (unpaired) electrons. The molecule has 0 aliphatic carbocycles. The van der Waals surface area contributed by atoms with E-state index in [4.69, 9.17) is 5.73 Å². The molecule has 1 aromatic heterocycles. The Labute approximate surface area is 109 Å². The number of carbonyl (C=O) groups is 1. The van der Waals surface area contributed by atoms with Crippen LogP contribution in [0.1, 0.15) is 51.6 Å². The summed E-state index contributed by atoms with van der Waals surface area (Å²) < 4.78 is 1.73. The minimum atomic E-state index is 0.0329. The summed E-state index contributed by atoms with van der Waals surface area (Å²) in [5.41, 5.74) is 7.40. The number of rotatable bonds is 6. The fraction of sp³-hybridized carbons (Fsp3) is 0.692. The molecule has 1 unspecified atom stereocenters. The van der Waals surface area contributed by atoms with Crippen LogP contribution in [0.25, 0.3) is 0 Å². The summed E-state index contributed by atoms with van der Waals surface area (Å²) in [4.78, 5) is 11.8. The maximum atomic E-state index is 11.8. The van der Waals surface area contributed by atoms with E-state index in [2.05, 4.69) is 24.3 Å². The molecule has 5 heteroatoms. The fourth-order valence-electron chi connectivity index (χ4n) is 1.83. The highest BCUT2D eigenvalue weighted by Gasteiger charge is 2.13. The van der Waals surface area contributed by atoms with Crippen LogP contribution in [-0.2, 0) is 11.8 Å². The Kier molecular flexibility index (Phi) is 5.34. The Morgan fingerprint density at radius 1 is 1.50 bits per heavy atom. The van der Waals surface area contributed by atoms with Crippen molar-refractivity contribution in [3.05, 3.63) is 11.9 Å². The number of nitrogens with two attached hydrogens (primary N) is 1. The first-order chi connectivity index (χ1) is 8.40. The zero-order chi connectivity index (χ0) is 13.7. The first-order valence-electron chi connectivity index (χ1n) is 6.49. The van der Waals surface area contributed by atoms with Crippen molar-refractivity contribution in [1.29, 1.82) is 0 Å². The number of hydrogen-bond acceptors (Lipinski definition) is 3. The van der Waals surface area contributed by atoms with E-state index in [1.165, 1.54) is 0 Å². The van der Waals surface area contributed by atoms with Gasteiger partial charge in [0.1, 0.15) is 0 Å². The van der Waals surface area contributed by atoms with Crippen LogP contribution in [0.15, 0.2) is 6.20 Å². The molecule has 3 N–H and O–H groups in total. The molecule has 0 aromatic carbocycles. The van der Waals surface area contributed by atoms with Gasteiger partial charge in [-0.2, -0.15) is 5.10 Å². The van der Waals surface area contributed by atoms with Crippen molar-refractivity contribution in [3.8, 4) is 0 Å². The second kappa shape index (κ2) is 6.54. The lowest BCUT2D eigenvalue weighted by molar-refractivity contribution is -0.116. The number of aromatic nitrogens is 2. The third-order valence-corrected chi connectivity index (χ3v) is 2.74. The summed E-state index contributed by atoms with van der Waals surface area (Å²) in [6, 6.07) is 0.155. The molecule has 1 aromatic rings. The zero-order valence-corrected chi connectivity index (χ0v) is 11.7. The molecule has 1 amide bonds. The van der Waals surface area contributed by atoms with Crippen LogP contribution in [0.5, 0.6) is 0 Å². The number of carbonyl (C=O) groups excluding carboxylic acids is 1. The molecule has 0 saturated heterocycles. The van der Waals surface area contributed by atoms with Crippen molar-refractivity contribution in [2.45, 2.75) is 52.0 Å². The minimum Gasteiger partial charge on any atom is -0.328 e. The van der Waals surface area contributed by atoms with Crippen LogP contribution in [0.3, 0.4) is 0 Å². The Balaban J connectivity index is 2.53. The third kappa shape index (κ3) is 4.49. The average molecular weight is 252 g/mol. The second-order valence-corrected chi connectivity index (χ2v) is 5.17. The summed E-state index contributed by atoms with van der Waals surface area (Å²) >= 11 is 0. The van der Waals surface area contributed by atoms with Crippen LogP contribution < -0.4 is 11.1 Å². The smallest absolute Gasteiger partial charge is 0.224 e. The van der Waals surface area contributed by atoms with Gasteiger partial charge in [-0.3, -0.25) is 9.48 Å². The Hall–Kier alpha value is -1.36. The van der Waals surface area contributed by atoms with Crippen molar-refractivity contribution in [1.82, 2.24) is 9.78 Å². The average Bonchev–Trinajstić information content (AvgIpc) is 2.58. The molecular weight excluding hydrogens is 228 g/mol. The predicted octanol–water partition coefficient (Wildman–Crippen LogP) is 2.00. The van der Waals surface area contributed by atoms with Crippen LogP contribution in [0.4, 0.5) is 5.69 Å². The van der Waals surface area contributed by atoms with Gasteiger partial charge in [0.2, 0.25) is 5.91 Å². The Morgan fingerprint density at radius 2 is 2.17 bits per heavy atom. The number of aryl methyl sites for hydroxylation is 1. The maximum absolute atomic E-state index is 11.8. The fourth-order valence-corrected chi connectivity index (χ4v) is 1.83. The summed E-state index contributed by atoms with van der Waals surface area (Å²) in [6.07, 6.45) is 4.05. The topological polar surface area (TPSA) is 72.9 Å². The first kappa shape index (κ1) is 14.7. The standard InChI is InChI=1S/C13H24N4O/c1-9(2)13-11(8-17(4)16-13)15-12(18)7-5-6-10(3)14/h8-10H,5-7,14H2,1-4H3,(H,15,18). The van der Waals surface area contributed by atoms with Gasteiger partial charge in [0.15, 0.2) is 0 Å². The minimum absolute atomic E-state index is 0.0329. The lowest BCUT2D eigenvalue weighted by Crippen LogP contribution is -2.17. The maximum Gasteiger partial charge on any atom is 0.224 e. The molecule has 1 atom stereocenters. The summed E-state index contributed by atoms with van der Waals surface area (Å²) in [5.74, 6) is 0.330. The van der Waals surface area contributed by atoms with E-state index in [-0.39, 0.29) is 11.9 Å². The monoisotopic (exact) mass is 252 g/mol. The molecule has 0 spiro atoms.